The number of H-pyrrole nitrogens is 1. The van der Waals surface area contributed by atoms with E-state index in [0.717, 1.165) is 16.6 Å². The minimum Gasteiger partial charge on any atom is -0.361 e. The van der Waals surface area contributed by atoms with Gasteiger partial charge < -0.3 is 20.5 Å². The number of aromatic nitrogens is 5. The third kappa shape index (κ3) is 3.22. The van der Waals surface area contributed by atoms with Crippen LogP contribution in [0.5, 0.6) is 0 Å². The van der Waals surface area contributed by atoms with Crippen molar-refractivity contribution in [2.24, 2.45) is 0 Å². The molecule has 144 valence electrons. The van der Waals surface area contributed by atoms with E-state index in [-0.39, 0.29) is 11.9 Å². The van der Waals surface area contributed by atoms with E-state index >= 15 is 0 Å². The van der Waals surface area contributed by atoms with Crippen LogP contribution in [0.1, 0.15) is 0 Å². The highest BCUT2D eigenvalue weighted by Crippen LogP contribution is 2.25. The molecule has 1 aromatic carbocycles. The summed E-state index contributed by atoms with van der Waals surface area (Å²) in [5.74, 6) is 1.02. The molecule has 1 aliphatic rings. The molecule has 9 nitrogen and oxygen atoms in total. The van der Waals surface area contributed by atoms with E-state index in [0.29, 0.717) is 35.9 Å². The fourth-order valence-corrected chi connectivity index (χ4v) is 3.34. The van der Waals surface area contributed by atoms with E-state index in [9.17, 15) is 4.79 Å². The second-order valence-electron chi connectivity index (χ2n) is 6.84. The Bertz CT molecular complexity index is 1230. The predicted octanol–water partition coefficient (Wildman–Crippen LogP) is 2.45. The molecule has 0 atom stereocenters. The van der Waals surface area contributed by atoms with Crippen molar-refractivity contribution in [2.45, 2.75) is 6.04 Å². The van der Waals surface area contributed by atoms with E-state index < -0.39 is 0 Å². The summed E-state index contributed by atoms with van der Waals surface area (Å²) in [7, 11) is 0. The molecule has 0 radical (unpaired) electrons. The van der Waals surface area contributed by atoms with Crippen LogP contribution in [0.15, 0.2) is 55.6 Å². The number of aromatic amines is 1. The molecule has 0 unspecified atom stereocenters. The van der Waals surface area contributed by atoms with Gasteiger partial charge in [0.2, 0.25) is 11.9 Å². The molecule has 3 aromatic heterocycles. The molecule has 5 rings (SSSR count). The van der Waals surface area contributed by atoms with Crippen molar-refractivity contribution in [1.29, 1.82) is 0 Å². The number of rotatable bonds is 5. The molecule has 1 saturated heterocycles. The highest BCUT2D eigenvalue weighted by molar-refractivity contribution is 5.90. The first-order valence-corrected chi connectivity index (χ1v) is 9.19. The van der Waals surface area contributed by atoms with Crippen LogP contribution in [0.4, 0.5) is 17.5 Å². The third-order valence-electron chi connectivity index (χ3n) is 4.89. The fourth-order valence-electron chi connectivity index (χ4n) is 3.34. The molecule has 29 heavy (non-hydrogen) atoms. The van der Waals surface area contributed by atoms with Gasteiger partial charge in [0, 0.05) is 35.9 Å². The lowest BCUT2D eigenvalue weighted by atomic mass is 10.1. The van der Waals surface area contributed by atoms with Gasteiger partial charge in [-0.25, -0.2) is 19.9 Å². The highest BCUT2D eigenvalue weighted by atomic mass is 16.2. The number of anilines is 3. The second-order valence-corrected chi connectivity index (χ2v) is 6.84. The lowest BCUT2D eigenvalue weighted by Crippen LogP contribution is -2.56. The van der Waals surface area contributed by atoms with Crippen LogP contribution in [0.3, 0.4) is 0 Å². The molecule has 1 amide bonds. The number of carbonyl (C=O) groups is 1. The lowest BCUT2D eigenvalue weighted by molar-refractivity contribution is -0.129. The number of likely N-dealkylation sites (tertiary alicyclic amines) is 1. The number of nitrogens with zero attached hydrogens (tertiary/aromatic N) is 5. The van der Waals surface area contributed by atoms with Gasteiger partial charge in [-0.05, 0) is 30.3 Å². The summed E-state index contributed by atoms with van der Waals surface area (Å²) >= 11 is 0. The molecule has 9 heteroatoms. The van der Waals surface area contributed by atoms with Crippen molar-refractivity contribution >= 4 is 45.3 Å². The minimum atomic E-state index is -0.0678. The van der Waals surface area contributed by atoms with Crippen LogP contribution in [-0.2, 0) is 4.79 Å². The van der Waals surface area contributed by atoms with Crippen molar-refractivity contribution in [3.63, 3.8) is 0 Å². The summed E-state index contributed by atoms with van der Waals surface area (Å²) in [4.78, 5) is 34.0. The number of hydrogen-bond donors (Lipinski definition) is 3. The summed E-state index contributed by atoms with van der Waals surface area (Å²) in [5.41, 5.74) is 3.24. The van der Waals surface area contributed by atoms with Crippen molar-refractivity contribution in [3.8, 4) is 0 Å². The monoisotopic (exact) mass is 386 g/mol. The van der Waals surface area contributed by atoms with E-state index in [4.69, 9.17) is 0 Å². The number of hydrogen-bond acceptors (Lipinski definition) is 7. The first-order chi connectivity index (χ1) is 14.2. The van der Waals surface area contributed by atoms with Crippen LogP contribution >= 0.6 is 0 Å². The zero-order valence-corrected chi connectivity index (χ0v) is 15.5. The van der Waals surface area contributed by atoms with Crippen LogP contribution in [0.2, 0.25) is 0 Å². The Hall–Kier alpha value is -4.01. The van der Waals surface area contributed by atoms with Crippen molar-refractivity contribution < 1.29 is 4.79 Å². The average Bonchev–Trinajstić information content (AvgIpc) is 3.18. The molecule has 4 aromatic rings. The number of nitrogens with one attached hydrogen (secondary N) is 3. The first-order valence-electron chi connectivity index (χ1n) is 9.19. The van der Waals surface area contributed by atoms with Crippen LogP contribution in [-0.4, -0.2) is 54.9 Å². The Balaban J connectivity index is 1.38. The molecule has 1 fully saturated rings. The Morgan fingerprint density at radius 2 is 2.14 bits per heavy atom. The Labute approximate surface area is 165 Å². The number of carbonyl (C=O) groups excluding carboxylic acids is 1. The largest absolute Gasteiger partial charge is 0.361 e. The standard InChI is InChI=1S/C20H18N8O/c1-2-17(29)28-9-14(10-28)26-20-22-8-16-18(27-20)19(24-11-23-16)25-13-3-4-15-12(7-13)5-6-21-15/h2-8,11,14,21H,1,9-10H2,(H,22,26,27)(H,23,24,25). The number of benzene rings is 1. The van der Waals surface area contributed by atoms with E-state index in [1.165, 1.54) is 12.4 Å². The Kier molecular flexibility index (Phi) is 4.05. The van der Waals surface area contributed by atoms with Crippen molar-refractivity contribution in [3.05, 3.63) is 55.6 Å². The molecule has 0 saturated carbocycles. The van der Waals surface area contributed by atoms with Crippen LogP contribution in [0.25, 0.3) is 21.9 Å². The number of fused-ring (bicyclic) bond motifs is 2. The lowest BCUT2D eigenvalue weighted by Gasteiger charge is -2.38. The molecule has 0 bridgehead atoms. The normalized spacial score (nSPS) is 14.0. The summed E-state index contributed by atoms with van der Waals surface area (Å²) < 4.78 is 0. The van der Waals surface area contributed by atoms with Gasteiger partial charge in [0.25, 0.3) is 0 Å². The van der Waals surface area contributed by atoms with Gasteiger partial charge in [-0.15, -0.1) is 0 Å². The third-order valence-corrected chi connectivity index (χ3v) is 4.89. The fraction of sp³-hybridized carbons (Fsp3) is 0.150. The van der Waals surface area contributed by atoms with Gasteiger partial charge in [-0.3, -0.25) is 4.79 Å². The summed E-state index contributed by atoms with van der Waals surface area (Å²) in [6, 6.07) is 8.15. The quantitative estimate of drug-likeness (QED) is 0.452. The maximum atomic E-state index is 11.6. The SMILES string of the molecule is C=CC(=O)N1CC(Nc2ncc3ncnc(Nc4ccc5[nH]ccc5c4)c3n2)C1. The summed E-state index contributed by atoms with van der Waals surface area (Å²) in [5, 5.41) is 7.68. The molecule has 3 N–H and O–H groups in total. The van der Waals surface area contributed by atoms with E-state index in [1.54, 1.807) is 11.1 Å². The average molecular weight is 386 g/mol. The molecule has 4 heterocycles. The van der Waals surface area contributed by atoms with Gasteiger partial charge in [-0.1, -0.05) is 6.58 Å². The number of amides is 1. The maximum absolute atomic E-state index is 11.6. The molecular formula is C20H18N8O. The molecular weight excluding hydrogens is 368 g/mol. The van der Waals surface area contributed by atoms with Crippen molar-refractivity contribution in [1.82, 2.24) is 29.8 Å². The first kappa shape index (κ1) is 17.1. The minimum absolute atomic E-state index is 0.0678. The van der Waals surface area contributed by atoms with Gasteiger partial charge in [0.05, 0.1) is 12.2 Å². The Morgan fingerprint density at radius 3 is 3.00 bits per heavy atom. The van der Waals surface area contributed by atoms with E-state index in [1.807, 2.05) is 30.5 Å². The predicted molar refractivity (Wildman–Crippen MR) is 111 cm³/mol. The van der Waals surface area contributed by atoms with Crippen LogP contribution in [0, 0.1) is 0 Å². The van der Waals surface area contributed by atoms with Gasteiger partial charge in [-0.2, -0.15) is 0 Å². The highest BCUT2D eigenvalue weighted by Gasteiger charge is 2.29. The molecule has 0 aliphatic carbocycles. The second kappa shape index (κ2) is 6.86. The van der Waals surface area contributed by atoms with Gasteiger partial charge in [0.1, 0.15) is 17.4 Å². The van der Waals surface area contributed by atoms with E-state index in [2.05, 4.69) is 42.1 Å². The Morgan fingerprint density at radius 1 is 1.24 bits per heavy atom. The summed E-state index contributed by atoms with van der Waals surface area (Å²) in [6.07, 6.45) is 6.38. The maximum Gasteiger partial charge on any atom is 0.246 e. The van der Waals surface area contributed by atoms with Crippen molar-refractivity contribution in [2.75, 3.05) is 23.7 Å². The summed E-state index contributed by atoms with van der Waals surface area (Å²) in [6.45, 7) is 4.70. The zero-order valence-electron chi connectivity index (χ0n) is 15.5. The van der Waals surface area contributed by atoms with Gasteiger partial charge >= 0.3 is 0 Å². The molecule has 0 spiro atoms. The smallest absolute Gasteiger partial charge is 0.246 e. The molecule has 1 aliphatic heterocycles. The van der Waals surface area contributed by atoms with Crippen LogP contribution < -0.4 is 10.6 Å². The topological polar surface area (TPSA) is 112 Å². The van der Waals surface area contributed by atoms with Gasteiger partial charge in [0.15, 0.2) is 5.82 Å². The zero-order chi connectivity index (χ0) is 19.8.